The van der Waals surface area contributed by atoms with E-state index in [1.54, 1.807) is 0 Å². The molecule has 0 radical (unpaired) electrons. The fourth-order valence-corrected chi connectivity index (χ4v) is 3.84. The van der Waals surface area contributed by atoms with Crippen molar-refractivity contribution >= 4 is 16.1 Å². The van der Waals surface area contributed by atoms with Gasteiger partial charge in [-0.2, -0.15) is 0 Å². The number of carbonyl (C=O) groups is 1. The molecule has 2 N–H and O–H groups in total. The Morgan fingerprint density at radius 3 is 2.78 bits per heavy atom. The molecule has 0 aromatic heterocycles. The van der Waals surface area contributed by atoms with E-state index < -0.39 is 10.0 Å². The van der Waals surface area contributed by atoms with Gasteiger partial charge in [0.1, 0.15) is 0 Å². The van der Waals surface area contributed by atoms with Gasteiger partial charge in [0, 0.05) is 25.7 Å². The van der Waals surface area contributed by atoms with E-state index in [0.29, 0.717) is 18.9 Å². The molecule has 0 saturated carbocycles. The van der Waals surface area contributed by atoms with Crippen molar-refractivity contribution in [2.24, 2.45) is 5.92 Å². The number of allylic oxidation sites excluding steroid dienone is 2. The molecule has 132 valence electrons. The summed E-state index contributed by atoms with van der Waals surface area (Å²) in [6.07, 6.45) is 12.6. The molecule has 0 aromatic carbocycles. The van der Waals surface area contributed by atoms with Gasteiger partial charge in [0.15, 0.2) is 0 Å². The number of piperidine rings is 1. The van der Waals surface area contributed by atoms with E-state index in [4.69, 9.17) is 0 Å². The van der Waals surface area contributed by atoms with Crippen LogP contribution in [0.25, 0.3) is 0 Å². The van der Waals surface area contributed by atoms with Crippen LogP contribution < -0.4 is 10.0 Å². The summed E-state index contributed by atoms with van der Waals surface area (Å²) in [5.74, 6) is 0.541. The van der Waals surface area contributed by atoms with E-state index in [1.807, 2.05) is 4.90 Å². The van der Waals surface area contributed by atoms with Gasteiger partial charge < -0.3 is 10.2 Å². The highest BCUT2D eigenvalue weighted by atomic mass is 32.2. The quantitative estimate of drug-likeness (QED) is 0.723. The third kappa shape index (κ3) is 6.51. The zero-order chi connectivity index (χ0) is 16.7. The standard InChI is InChI=1S/C16H29N3O3S/c1-23(21,22)18-11-10-15-9-5-6-12-19(15)16(20)17-13-14-7-3-2-4-8-14/h2-3,14-15,18H,4-13H2,1H3,(H,17,20). The van der Waals surface area contributed by atoms with Crippen LogP contribution in [0.5, 0.6) is 0 Å². The molecule has 23 heavy (non-hydrogen) atoms. The van der Waals surface area contributed by atoms with Gasteiger partial charge in [-0.1, -0.05) is 12.2 Å². The fourth-order valence-electron chi connectivity index (χ4n) is 3.35. The molecule has 7 heteroatoms. The van der Waals surface area contributed by atoms with Crippen LogP contribution in [-0.4, -0.2) is 51.3 Å². The van der Waals surface area contributed by atoms with Crippen LogP contribution in [0.1, 0.15) is 44.9 Å². The predicted molar refractivity (Wildman–Crippen MR) is 91.7 cm³/mol. The van der Waals surface area contributed by atoms with Crippen LogP contribution >= 0.6 is 0 Å². The number of hydrogen-bond donors (Lipinski definition) is 2. The van der Waals surface area contributed by atoms with Gasteiger partial charge in [-0.3, -0.25) is 0 Å². The normalized spacial score (nSPS) is 25.3. The van der Waals surface area contributed by atoms with E-state index >= 15 is 0 Å². The van der Waals surface area contributed by atoms with Crippen molar-refractivity contribution in [3.8, 4) is 0 Å². The lowest BCUT2D eigenvalue weighted by molar-refractivity contribution is 0.145. The Kier molecular flexibility index (Phi) is 6.89. The van der Waals surface area contributed by atoms with Crippen molar-refractivity contribution in [2.75, 3.05) is 25.9 Å². The highest BCUT2D eigenvalue weighted by Crippen LogP contribution is 2.20. The first-order valence-corrected chi connectivity index (χ1v) is 10.5. The van der Waals surface area contributed by atoms with Gasteiger partial charge in [0.05, 0.1) is 6.26 Å². The molecule has 1 heterocycles. The molecule has 1 fully saturated rings. The smallest absolute Gasteiger partial charge is 0.317 e. The summed E-state index contributed by atoms with van der Waals surface area (Å²) in [7, 11) is -3.16. The van der Waals surface area contributed by atoms with Crippen LogP contribution in [0.4, 0.5) is 4.79 Å². The topological polar surface area (TPSA) is 78.5 Å². The summed E-state index contributed by atoms with van der Waals surface area (Å²) in [4.78, 5) is 14.4. The number of sulfonamides is 1. The van der Waals surface area contributed by atoms with Gasteiger partial charge >= 0.3 is 6.03 Å². The molecular formula is C16H29N3O3S. The van der Waals surface area contributed by atoms with Crippen LogP contribution in [0.2, 0.25) is 0 Å². The lowest BCUT2D eigenvalue weighted by Crippen LogP contribution is -2.50. The second kappa shape index (κ2) is 8.68. The molecule has 2 atom stereocenters. The number of urea groups is 1. The van der Waals surface area contributed by atoms with Crippen molar-refractivity contribution < 1.29 is 13.2 Å². The molecule has 0 bridgehead atoms. The third-order valence-corrected chi connectivity index (χ3v) is 5.38. The summed E-state index contributed by atoms with van der Waals surface area (Å²) in [5, 5.41) is 3.07. The monoisotopic (exact) mass is 343 g/mol. The van der Waals surface area contributed by atoms with Crippen LogP contribution in [0.3, 0.4) is 0 Å². The molecule has 0 spiro atoms. The zero-order valence-electron chi connectivity index (χ0n) is 14.0. The van der Waals surface area contributed by atoms with Crippen molar-refractivity contribution in [2.45, 2.75) is 51.0 Å². The zero-order valence-corrected chi connectivity index (χ0v) is 14.8. The number of nitrogens with one attached hydrogen (secondary N) is 2. The van der Waals surface area contributed by atoms with E-state index in [-0.39, 0.29) is 12.1 Å². The molecule has 1 aliphatic heterocycles. The molecule has 2 amide bonds. The number of carbonyl (C=O) groups excluding carboxylic acids is 1. The Bertz CT molecular complexity index is 519. The average molecular weight is 343 g/mol. The van der Waals surface area contributed by atoms with Crippen molar-refractivity contribution in [1.82, 2.24) is 14.9 Å². The van der Waals surface area contributed by atoms with Crippen molar-refractivity contribution in [3.63, 3.8) is 0 Å². The summed E-state index contributed by atoms with van der Waals surface area (Å²) >= 11 is 0. The highest BCUT2D eigenvalue weighted by Gasteiger charge is 2.26. The largest absolute Gasteiger partial charge is 0.338 e. The SMILES string of the molecule is CS(=O)(=O)NCCC1CCCCN1C(=O)NCC1CC=CCC1. The Morgan fingerprint density at radius 1 is 1.26 bits per heavy atom. The highest BCUT2D eigenvalue weighted by molar-refractivity contribution is 7.88. The maximum Gasteiger partial charge on any atom is 0.317 e. The van der Waals surface area contributed by atoms with Gasteiger partial charge in [-0.05, 0) is 50.9 Å². The van der Waals surface area contributed by atoms with Crippen molar-refractivity contribution in [1.29, 1.82) is 0 Å². The van der Waals surface area contributed by atoms with Crippen molar-refractivity contribution in [3.05, 3.63) is 12.2 Å². The summed E-state index contributed by atoms with van der Waals surface area (Å²) in [6, 6.07) is 0.132. The Morgan fingerprint density at radius 2 is 2.09 bits per heavy atom. The summed E-state index contributed by atoms with van der Waals surface area (Å²) < 4.78 is 24.8. The Hall–Kier alpha value is -1.08. The lowest BCUT2D eigenvalue weighted by atomic mass is 9.94. The number of amides is 2. The molecule has 2 unspecified atom stereocenters. The number of rotatable bonds is 6. The second-order valence-corrected chi connectivity index (χ2v) is 8.47. The lowest BCUT2D eigenvalue weighted by Gasteiger charge is -2.36. The molecule has 0 aromatic rings. The van der Waals surface area contributed by atoms with Crippen LogP contribution in [0, 0.1) is 5.92 Å². The third-order valence-electron chi connectivity index (χ3n) is 4.65. The first-order chi connectivity index (χ1) is 11.0. The van der Waals surface area contributed by atoms with Gasteiger partial charge in [-0.15, -0.1) is 0 Å². The van der Waals surface area contributed by atoms with E-state index in [2.05, 4.69) is 22.2 Å². The minimum Gasteiger partial charge on any atom is -0.338 e. The van der Waals surface area contributed by atoms with Gasteiger partial charge in [0.2, 0.25) is 10.0 Å². The summed E-state index contributed by atoms with van der Waals surface area (Å²) in [6.45, 7) is 1.88. The fraction of sp³-hybridized carbons (Fsp3) is 0.812. The van der Waals surface area contributed by atoms with Crippen LogP contribution in [-0.2, 0) is 10.0 Å². The molecule has 6 nitrogen and oxygen atoms in total. The molecular weight excluding hydrogens is 314 g/mol. The summed E-state index contributed by atoms with van der Waals surface area (Å²) in [5.41, 5.74) is 0. The molecule has 1 aliphatic carbocycles. The number of nitrogens with zero attached hydrogens (tertiary/aromatic N) is 1. The molecule has 2 rings (SSSR count). The number of likely N-dealkylation sites (tertiary alicyclic amines) is 1. The number of hydrogen-bond acceptors (Lipinski definition) is 3. The Balaban J connectivity index is 1.79. The average Bonchev–Trinajstić information content (AvgIpc) is 2.53. The van der Waals surface area contributed by atoms with E-state index in [9.17, 15) is 13.2 Å². The van der Waals surface area contributed by atoms with E-state index in [1.165, 1.54) is 0 Å². The Labute approximate surface area is 139 Å². The van der Waals surface area contributed by atoms with Crippen LogP contribution in [0.15, 0.2) is 12.2 Å². The molecule has 1 saturated heterocycles. The maximum absolute atomic E-state index is 12.5. The molecule has 2 aliphatic rings. The van der Waals surface area contributed by atoms with Gasteiger partial charge in [-0.25, -0.2) is 17.9 Å². The predicted octanol–water partition coefficient (Wildman–Crippen LogP) is 1.85. The van der Waals surface area contributed by atoms with E-state index in [0.717, 1.165) is 57.9 Å². The maximum atomic E-state index is 12.5. The first-order valence-electron chi connectivity index (χ1n) is 8.60. The first kappa shape index (κ1) is 18.3. The second-order valence-electron chi connectivity index (χ2n) is 6.63. The van der Waals surface area contributed by atoms with Gasteiger partial charge in [0.25, 0.3) is 0 Å². The minimum absolute atomic E-state index is 0.00334. The minimum atomic E-state index is -3.16.